The lowest BCUT2D eigenvalue weighted by atomic mass is 10.0. The highest BCUT2D eigenvalue weighted by molar-refractivity contribution is 6.00. The molecule has 1 amide bonds. The summed E-state index contributed by atoms with van der Waals surface area (Å²) in [5.74, 6) is -0.567. The third kappa shape index (κ3) is 4.54. The number of ether oxygens (including phenoxy) is 1. The maximum absolute atomic E-state index is 14.1. The number of nitrogens with one attached hydrogen (secondary N) is 2. The van der Waals surface area contributed by atoms with E-state index in [2.05, 4.69) is 25.7 Å². The molecule has 32 heavy (non-hydrogen) atoms. The quantitative estimate of drug-likeness (QED) is 0.421. The summed E-state index contributed by atoms with van der Waals surface area (Å²) < 4.78 is 21.0. The van der Waals surface area contributed by atoms with E-state index in [4.69, 9.17) is 4.74 Å². The number of imidazole rings is 1. The molecule has 0 bridgehead atoms. The van der Waals surface area contributed by atoms with E-state index in [1.165, 1.54) is 20.0 Å². The third-order valence-electron chi connectivity index (χ3n) is 5.29. The van der Waals surface area contributed by atoms with Crippen LogP contribution in [0, 0.1) is 0 Å². The van der Waals surface area contributed by atoms with E-state index in [0.717, 1.165) is 0 Å². The average Bonchev–Trinajstić information content (AvgIpc) is 3.37. The molecule has 1 fully saturated rings. The van der Waals surface area contributed by atoms with Crippen LogP contribution in [0.5, 0.6) is 0 Å². The number of fused-ring (bicyclic) bond motifs is 1. The van der Waals surface area contributed by atoms with Crippen molar-refractivity contribution >= 4 is 17.2 Å². The zero-order valence-corrected chi connectivity index (χ0v) is 17.7. The Bertz CT molecular complexity index is 1120. The molecule has 0 spiro atoms. The minimum absolute atomic E-state index is 0.164. The lowest BCUT2D eigenvalue weighted by molar-refractivity contribution is -0.00177. The molecular formula is C21H25FN6O4. The number of pyridine rings is 1. The van der Waals surface area contributed by atoms with Gasteiger partial charge in [-0.3, -0.25) is 9.78 Å². The van der Waals surface area contributed by atoms with E-state index in [-0.39, 0.29) is 25.3 Å². The van der Waals surface area contributed by atoms with E-state index in [1.54, 1.807) is 35.1 Å². The van der Waals surface area contributed by atoms with Crippen molar-refractivity contribution in [2.75, 3.05) is 25.1 Å². The standard InChI is InChI=1S/C21H25FN6O4/c1-21(2,31)18(22)9-25-20(30)12-7-23-14(6-13(12)27-15-10-32-11-17(15)29)16-8-24-19-4-3-5-26-28(16)19/h3-8,15,17-18,29,31H,9-11H2,1-2H3,(H,23,27)(H,25,30). The van der Waals surface area contributed by atoms with Crippen LogP contribution in [0.4, 0.5) is 10.1 Å². The molecule has 0 saturated carbocycles. The van der Waals surface area contributed by atoms with E-state index in [9.17, 15) is 19.4 Å². The molecule has 3 aromatic heterocycles. The fourth-order valence-electron chi connectivity index (χ4n) is 3.31. The van der Waals surface area contributed by atoms with Crippen molar-refractivity contribution in [3.05, 3.63) is 42.4 Å². The highest BCUT2D eigenvalue weighted by Crippen LogP contribution is 2.26. The monoisotopic (exact) mass is 444 g/mol. The average molecular weight is 444 g/mol. The Morgan fingerprint density at radius 2 is 2.19 bits per heavy atom. The van der Waals surface area contributed by atoms with Crippen LogP contribution in [0.25, 0.3) is 17.0 Å². The predicted octanol–water partition coefficient (Wildman–Crippen LogP) is 0.802. The molecule has 0 aromatic carbocycles. The number of hydrogen-bond acceptors (Lipinski definition) is 8. The van der Waals surface area contributed by atoms with Crippen molar-refractivity contribution in [1.82, 2.24) is 24.9 Å². The number of anilines is 1. The van der Waals surface area contributed by atoms with Gasteiger partial charge in [-0.2, -0.15) is 5.10 Å². The number of alkyl halides is 1. The van der Waals surface area contributed by atoms with Crippen LogP contribution in [0.15, 0.2) is 36.8 Å². The van der Waals surface area contributed by atoms with Crippen molar-refractivity contribution in [2.24, 2.45) is 0 Å². The Labute approximate surface area is 183 Å². The first-order valence-corrected chi connectivity index (χ1v) is 10.2. The summed E-state index contributed by atoms with van der Waals surface area (Å²) in [6.45, 7) is 2.75. The number of halogens is 1. The van der Waals surface area contributed by atoms with Gasteiger partial charge in [0, 0.05) is 12.4 Å². The highest BCUT2D eigenvalue weighted by atomic mass is 19.1. The van der Waals surface area contributed by atoms with Gasteiger partial charge in [-0.05, 0) is 32.0 Å². The SMILES string of the molecule is CC(C)(O)C(F)CNC(=O)c1cnc(-c2cnc3cccnn23)cc1NC1COCC1O. The lowest BCUT2D eigenvalue weighted by Crippen LogP contribution is -2.42. The Kier molecular flexibility index (Phi) is 6.04. The van der Waals surface area contributed by atoms with Crippen LogP contribution in [-0.4, -0.2) is 79.4 Å². The van der Waals surface area contributed by atoms with Gasteiger partial charge in [0.05, 0.1) is 60.6 Å². The fourth-order valence-corrected chi connectivity index (χ4v) is 3.31. The van der Waals surface area contributed by atoms with Crippen LogP contribution < -0.4 is 10.6 Å². The van der Waals surface area contributed by atoms with Gasteiger partial charge in [0.2, 0.25) is 0 Å². The predicted molar refractivity (Wildman–Crippen MR) is 114 cm³/mol. The molecule has 11 heteroatoms. The third-order valence-corrected chi connectivity index (χ3v) is 5.29. The van der Waals surface area contributed by atoms with Crippen LogP contribution >= 0.6 is 0 Å². The topological polar surface area (TPSA) is 134 Å². The number of aliphatic hydroxyl groups excluding tert-OH is 1. The maximum atomic E-state index is 14.1. The van der Waals surface area contributed by atoms with Crippen LogP contribution in [0.3, 0.4) is 0 Å². The summed E-state index contributed by atoms with van der Waals surface area (Å²) in [5, 5.41) is 29.8. The minimum Gasteiger partial charge on any atom is -0.388 e. The van der Waals surface area contributed by atoms with Crippen LogP contribution in [-0.2, 0) is 4.74 Å². The molecule has 4 heterocycles. The Morgan fingerprint density at radius 1 is 1.38 bits per heavy atom. The van der Waals surface area contributed by atoms with E-state index >= 15 is 0 Å². The van der Waals surface area contributed by atoms with Gasteiger partial charge in [-0.1, -0.05) is 0 Å². The summed E-state index contributed by atoms with van der Waals surface area (Å²) >= 11 is 0. The summed E-state index contributed by atoms with van der Waals surface area (Å²) in [6.07, 6.45) is 2.23. The first kappa shape index (κ1) is 22.1. The van der Waals surface area contributed by atoms with Gasteiger partial charge >= 0.3 is 0 Å². The lowest BCUT2D eigenvalue weighted by Gasteiger charge is -2.23. The Hall–Kier alpha value is -3.15. The number of carbonyl (C=O) groups is 1. The fraction of sp³-hybridized carbons (Fsp3) is 0.429. The van der Waals surface area contributed by atoms with Crippen molar-refractivity contribution in [3.63, 3.8) is 0 Å². The number of amides is 1. The van der Waals surface area contributed by atoms with Crippen LogP contribution in [0.1, 0.15) is 24.2 Å². The summed E-state index contributed by atoms with van der Waals surface area (Å²) in [4.78, 5) is 21.5. The van der Waals surface area contributed by atoms with Crippen molar-refractivity contribution in [3.8, 4) is 11.4 Å². The summed E-state index contributed by atoms with van der Waals surface area (Å²) in [5.41, 5.74) is 0.732. The molecule has 170 valence electrons. The van der Waals surface area contributed by atoms with Gasteiger partial charge in [0.15, 0.2) is 5.65 Å². The molecule has 4 rings (SSSR count). The van der Waals surface area contributed by atoms with Gasteiger partial charge < -0.3 is 25.6 Å². The second kappa shape index (κ2) is 8.77. The van der Waals surface area contributed by atoms with Gasteiger partial charge in [0.25, 0.3) is 5.91 Å². The number of aliphatic hydroxyl groups is 2. The normalized spacial score (nSPS) is 19.8. The molecular weight excluding hydrogens is 419 g/mol. The first-order chi connectivity index (χ1) is 15.2. The molecule has 4 N–H and O–H groups in total. The molecule has 0 aliphatic carbocycles. The molecule has 1 aliphatic rings. The number of hydrogen-bond donors (Lipinski definition) is 4. The van der Waals surface area contributed by atoms with Crippen molar-refractivity contribution in [2.45, 2.75) is 37.8 Å². The molecule has 1 aliphatic heterocycles. The minimum atomic E-state index is -1.65. The number of carbonyl (C=O) groups excluding carboxylic acids is 1. The Morgan fingerprint density at radius 3 is 2.91 bits per heavy atom. The van der Waals surface area contributed by atoms with E-state index in [1.807, 2.05) is 0 Å². The van der Waals surface area contributed by atoms with Crippen molar-refractivity contribution in [1.29, 1.82) is 0 Å². The molecule has 0 radical (unpaired) electrons. The first-order valence-electron chi connectivity index (χ1n) is 10.2. The zero-order valence-electron chi connectivity index (χ0n) is 17.7. The molecule has 1 saturated heterocycles. The maximum Gasteiger partial charge on any atom is 0.255 e. The van der Waals surface area contributed by atoms with Gasteiger partial charge in [0.1, 0.15) is 11.9 Å². The largest absolute Gasteiger partial charge is 0.388 e. The Balaban J connectivity index is 1.65. The number of aromatic nitrogens is 4. The van der Waals surface area contributed by atoms with E-state index < -0.39 is 29.8 Å². The number of nitrogens with zero attached hydrogens (tertiary/aromatic N) is 4. The van der Waals surface area contributed by atoms with Crippen LogP contribution in [0.2, 0.25) is 0 Å². The summed E-state index contributed by atoms with van der Waals surface area (Å²) in [7, 11) is 0. The van der Waals surface area contributed by atoms with Gasteiger partial charge in [-0.15, -0.1) is 0 Å². The number of rotatable bonds is 7. The molecule has 3 atom stereocenters. The molecule has 10 nitrogen and oxygen atoms in total. The summed E-state index contributed by atoms with van der Waals surface area (Å²) in [6, 6.07) is 4.80. The van der Waals surface area contributed by atoms with Crippen molar-refractivity contribution < 1.29 is 24.1 Å². The molecule has 3 aromatic rings. The second-order valence-corrected chi connectivity index (χ2v) is 8.24. The van der Waals surface area contributed by atoms with Gasteiger partial charge in [-0.25, -0.2) is 13.9 Å². The molecule has 3 unspecified atom stereocenters. The van der Waals surface area contributed by atoms with E-state index in [0.29, 0.717) is 22.7 Å². The highest BCUT2D eigenvalue weighted by Gasteiger charge is 2.29. The second-order valence-electron chi connectivity index (χ2n) is 8.24. The zero-order chi connectivity index (χ0) is 22.9. The smallest absolute Gasteiger partial charge is 0.255 e.